The van der Waals surface area contributed by atoms with Gasteiger partial charge in [0, 0.05) is 12.4 Å². The number of hydrogen-bond donors (Lipinski definition) is 0. The van der Waals surface area contributed by atoms with Gasteiger partial charge < -0.3 is 9.31 Å². The van der Waals surface area contributed by atoms with Gasteiger partial charge in [-0.3, -0.25) is 9.97 Å². The third-order valence-corrected chi connectivity index (χ3v) is 6.03. The predicted octanol–water partition coefficient (Wildman–Crippen LogP) is 4.05. The minimum Gasteiger partial charge on any atom is -0.399 e. The van der Waals surface area contributed by atoms with Crippen LogP contribution in [-0.4, -0.2) is 38.3 Å². The largest absolute Gasteiger partial charge is 0.494 e. The lowest BCUT2D eigenvalue weighted by Gasteiger charge is -2.32. The molecule has 0 N–H and O–H groups in total. The summed E-state index contributed by atoms with van der Waals surface area (Å²) < 4.78 is 12.4. The molecule has 0 atom stereocenters. The van der Waals surface area contributed by atoms with Crippen molar-refractivity contribution >= 4 is 23.6 Å². The third kappa shape index (κ3) is 3.50. The Hall–Kier alpha value is -3.16. The average molecular weight is 410 g/mol. The van der Waals surface area contributed by atoms with Crippen LogP contribution >= 0.6 is 0 Å². The second kappa shape index (κ2) is 7.22. The minimum atomic E-state index is -0.454. The molecule has 1 saturated heterocycles. The Kier molecular flexibility index (Phi) is 4.61. The van der Waals surface area contributed by atoms with Gasteiger partial charge in [-0.25, -0.2) is 9.97 Å². The maximum absolute atomic E-state index is 6.21. The number of rotatable bonds is 3. The lowest BCUT2D eigenvalue weighted by molar-refractivity contribution is 0.00578. The normalized spacial score (nSPS) is 17.2. The quantitative estimate of drug-likeness (QED) is 0.475. The number of fused-ring (bicyclic) bond motifs is 1. The summed E-state index contributed by atoms with van der Waals surface area (Å²) in [5, 5.41) is 0. The van der Waals surface area contributed by atoms with Gasteiger partial charge in [-0.15, -0.1) is 0 Å². The molecule has 4 heterocycles. The highest BCUT2D eigenvalue weighted by molar-refractivity contribution is 6.62. The van der Waals surface area contributed by atoms with Gasteiger partial charge in [0.05, 0.1) is 33.6 Å². The van der Waals surface area contributed by atoms with Gasteiger partial charge in [0.15, 0.2) is 0 Å². The van der Waals surface area contributed by atoms with Crippen molar-refractivity contribution in [2.24, 2.45) is 0 Å². The van der Waals surface area contributed by atoms with Crippen LogP contribution < -0.4 is 5.46 Å². The maximum Gasteiger partial charge on any atom is 0.494 e. The van der Waals surface area contributed by atoms with E-state index in [1.807, 2.05) is 82.3 Å². The summed E-state index contributed by atoms with van der Waals surface area (Å²) in [5.41, 5.74) is 4.55. The van der Waals surface area contributed by atoms with E-state index in [2.05, 4.69) is 9.97 Å². The molecule has 0 bridgehead atoms. The van der Waals surface area contributed by atoms with E-state index in [1.165, 1.54) is 0 Å². The van der Waals surface area contributed by atoms with Crippen molar-refractivity contribution in [2.75, 3.05) is 0 Å². The molecule has 0 unspecified atom stereocenters. The molecule has 5 rings (SSSR count). The standard InChI is InChI=1S/C24H23BN4O2/c1-23(2)24(3,4)31-25(30-23)16-11-12-17-20(15-16)29-22(19-10-6-8-14-27-19)21(28-17)18-9-5-7-13-26-18/h5-15H,1-4H3. The fraction of sp³-hybridized carbons (Fsp3) is 0.250. The highest BCUT2D eigenvalue weighted by atomic mass is 16.7. The Labute approximate surface area is 181 Å². The van der Waals surface area contributed by atoms with Gasteiger partial charge in [0.25, 0.3) is 0 Å². The van der Waals surface area contributed by atoms with E-state index >= 15 is 0 Å². The Morgan fingerprint density at radius 2 is 1.23 bits per heavy atom. The predicted molar refractivity (Wildman–Crippen MR) is 122 cm³/mol. The van der Waals surface area contributed by atoms with Crippen LogP contribution in [0.1, 0.15) is 27.7 Å². The van der Waals surface area contributed by atoms with Crippen LogP contribution in [0.25, 0.3) is 33.8 Å². The van der Waals surface area contributed by atoms with Crippen LogP contribution in [-0.2, 0) is 9.31 Å². The molecular weight excluding hydrogens is 387 g/mol. The summed E-state index contributed by atoms with van der Waals surface area (Å²) in [6, 6.07) is 17.4. The molecule has 7 heteroatoms. The molecule has 0 spiro atoms. The number of nitrogens with zero attached hydrogens (tertiary/aromatic N) is 4. The summed E-state index contributed by atoms with van der Waals surface area (Å²) in [6.07, 6.45) is 3.51. The Morgan fingerprint density at radius 3 is 1.74 bits per heavy atom. The summed E-state index contributed by atoms with van der Waals surface area (Å²) in [6.45, 7) is 8.19. The van der Waals surface area contributed by atoms with Gasteiger partial charge in [0.1, 0.15) is 11.4 Å². The molecule has 0 aliphatic carbocycles. The first kappa shape index (κ1) is 19.8. The average Bonchev–Trinajstić information content (AvgIpc) is 3.00. The molecule has 6 nitrogen and oxygen atoms in total. The number of hydrogen-bond acceptors (Lipinski definition) is 6. The topological polar surface area (TPSA) is 70.0 Å². The van der Waals surface area contributed by atoms with Gasteiger partial charge in [-0.2, -0.15) is 0 Å². The summed E-state index contributed by atoms with van der Waals surface area (Å²) >= 11 is 0. The van der Waals surface area contributed by atoms with Crippen LogP contribution in [0.2, 0.25) is 0 Å². The molecular formula is C24H23BN4O2. The second-order valence-corrected chi connectivity index (χ2v) is 8.69. The fourth-order valence-corrected chi connectivity index (χ4v) is 3.56. The lowest BCUT2D eigenvalue weighted by Crippen LogP contribution is -2.41. The van der Waals surface area contributed by atoms with Crippen molar-refractivity contribution in [1.82, 2.24) is 19.9 Å². The third-order valence-electron chi connectivity index (χ3n) is 6.03. The molecule has 0 amide bonds. The second-order valence-electron chi connectivity index (χ2n) is 8.69. The molecule has 1 aromatic carbocycles. The van der Waals surface area contributed by atoms with Crippen LogP contribution in [0.5, 0.6) is 0 Å². The van der Waals surface area contributed by atoms with E-state index in [0.717, 1.165) is 27.9 Å². The van der Waals surface area contributed by atoms with Crippen LogP contribution in [0.15, 0.2) is 67.0 Å². The van der Waals surface area contributed by atoms with Crippen molar-refractivity contribution in [3.8, 4) is 22.8 Å². The SMILES string of the molecule is CC1(C)OB(c2ccc3nc(-c4ccccn4)c(-c4ccccn4)nc3c2)OC1(C)C. The zero-order chi connectivity index (χ0) is 21.6. The molecule has 1 fully saturated rings. The first-order chi connectivity index (χ1) is 14.8. The van der Waals surface area contributed by atoms with E-state index in [-0.39, 0.29) is 0 Å². The molecule has 154 valence electrons. The van der Waals surface area contributed by atoms with Crippen molar-refractivity contribution < 1.29 is 9.31 Å². The van der Waals surface area contributed by atoms with Crippen molar-refractivity contribution in [2.45, 2.75) is 38.9 Å². The van der Waals surface area contributed by atoms with Crippen molar-refractivity contribution in [3.63, 3.8) is 0 Å². The maximum atomic E-state index is 6.21. The zero-order valence-corrected chi connectivity index (χ0v) is 18.0. The first-order valence-electron chi connectivity index (χ1n) is 10.3. The van der Waals surface area contributed by atoms with Crippen molar-refractivity contribution in [3.05, 3.63) is 67.0 Å². The van der Waals surface area contributed by atoms with Crippen LogP contribution in [0.4, 0.5) is 0 Å². The highest BCUT2D eigenvalue weighted by Gasteiger charge is 2.51. The first-order valence-corrected chi connectivity index (χ1v) is 10.3. The molecule has 0 saturated carbocycles. The van der Waals surface area contributed by atoms with E-state index in [4.69, 9.17) is 19.3 Å². The molecule has 31 heavy (non-hydrogen) atoms. The number of aromatic nitrogens is 4. The van der Waals surface area contributed by atoms with E-state index in [9.17, 15) is 0 Å². The molecule has 1 aliphatic heterocycles. The van der Waals surface area contributed by atoms with Gasteiger partial charge in [0.2, 0.25) is 0 Å². The van der Waals surface area contributed by atoms with Gasteiger partial charge >= 0.3 is 7.12 Å². The molecule has 0 radical (unpaired) electrons. The highest BCUT2D eigenvalue weighted by Crippen LogP contribution is 2.36. The van der Waals surface area contributed by atoms with Gasteiger partial charge in [-0.1, -0.05) is 18.2 Å². The number of pyridine rings is 2. The fourth-order valence-electron chi connectivity index (χ4n) is 3.56. The zero-order valence-electron chi connectivity index (χ0n) is 18.0. The minimum absolute atomic E-state index is 0.403. The molecule has 3 aromatic heterocycles. The van der Waals surface area contributed by atoms with E-state index in [0.29, 0.717) is 11.4 Å². The Balaban J connectivity index is 1.65. The van der Waals surface area contributed by atoms with Crippen molar-refractivity contribution in [1.29, 1.82) is 0 Å². The van der Waals surface area contributed by atoms with Crippen LogP contribution in [0, 0.1) is 0 Å². The summed E-state index contributed by atoms with van der Waals surface area (Å²) in [4.78, 5) is 18.8. The van der Waals surface area contributed by atoms with E-state index < -0.39 is 18.3 Å². The molecule has 1 aliphatic rings. The smallest absolute Gasteiger partial charge is 0.399 e. The monoisotopic (exact) mass is 410 g/mol. The lowest BCUT2D eigenvalue weighted by atomic mass is 9.79. The summed E-state index contributed by atoms with van der Waals surface area (Å²) in [7, 11) is -0.454. The number of benzene rings is 1. The Bertz CT molecular complexity index is 1230. The Morgan fingerprint density at radius 1 is 0.677 bits per heavy atom. The van der Waals surface area contributed by atoms with Crippen LogP contribution in [0.3, 0.4) is 0 Å². The summed E-state index contributed by atoms with van der Waals surface area (Å²) in [5.74, 6) is 0. The van der Waals surface area contributed by atoms with E-state index in [1.54, 1.807) is 12.4 Å². The van der Waals surface area contributed by atoms with Gasteiger partial charge in [-0.05, 0) is 69.6 Å². The molecule has 4 aromatic rings.